The average Bonchev–Trinajstić information content (AvgIpc) is 2.77. The van der Waals surface area contributed by atoms with E-state index in [0.29, 0.717) is 12.0 Å². The van der Waals surface area contributed by atoms with Gasteiger partial charge >= 0.3 is 0 Å². The van der Waals surface area contributed by atoms with Crippen LogP contribution in [0.25, 0.3) is 0 Å². The third kappa shape index (κ3) is 2.49. The van der Waals surface area contributed by atoms with Crippen LogP contribution in [0.3, 0.4) is 0 Å². The summed E-state index contributed by atoms with van der Waals surface area (Å²) in [4.78, 5) is 23.5. The topological polar surface area (TPSA) is 85.3 Å². The molecule has 0 saturated carbocycles. The predicted molar refractivity (Wildman–Crippen MR) is 63.2 cm³/mol. The van der Waals surface area contributed by atoms with Crippen LogP contribution in [0.1, 0.15) is 37.6 Å². The van der Waals surface area contributed by atoms with Crippen LogP contribution >= 0.6 is 0 Å². The molecule has 2 amide bonds. The van der Waals surface area contributed by atoms with Crippen LogP contribution in [0.2, 0.25) is 0 Å². The zero-order valence-electron chi connectivity index (χ0n) is 10.3. The van der Waals surface area contributed by atoms with Gasteiger partial charge in [-0.2, -0.15) is 0 Å². The number of nitrogens with one attached hydrogen (secondary N) is 1. The van der Waals surface area contributed by atoms with Crippen molar-refractivity contribution < 1.29 is 14.0 Å². The fourth-order valence-corrected chi connectivity index (χ4v) is 1.83. The predicted octanol–water partition coefficient (Wildman–Crippen LogP) is 1.30. The summed E-state index contributed by atoms with van der Waals surface area (Å²) in [5, 5.41) is 2.71. The van der Waals surface area contributed by atoms with Crippen molar-refractivity contribution in [3.8, 4) is 0 Å². The van der Waals surface area contributed by atoms with Gasteiger partial charge in [-0.3, -0.25) is 9.59 Å². The SMILES string of the molecule is CCC(NC(=O)c1ccoc1)(C(N)=O)C(C)C. The van der Waals surface area contributed by atoms with Crippen molar-refractivity contribution in [2.75, 3.05) is 0 Å². The molecule has 94 valence electrons. The van der Waals surface area contributed by atoms with Gasteiger partial charge in [0.1, 0.15) is 11.8 Å². The Hall–Kier alpha value is -1.78. The van der Waals surface area contributed by atoms with Crippen molar-refractivity contribution in [2.45, 2.75) is 32.7 Å². The van der Waals surface area contributed by atoms with E-state index in [1.807, 2.05) is 20.8 Å². The molecular weight excluding hydrogens is 220 g/mol. The minimum Gasteiger partial charge on any atom is -0.472 e. The molecule has 0 saturated heterocycles. The Kier molecular flexibility index (Phi) is 3.93. The fourth-order valence-electron chi connectivity index (χ4n) is 1.83. The van der Waals surface area contributed by atoms with E-state index in [1.165, 1.54) is 18.6 Å². The lowest BCUT2D eigenvalue weighted by molar-refractivity contribution is -0.126. The van der Waals surface area contributed by atoms with E-state index in [4.69, 9.17) is 10.2 Å². The molecule has 0 aliphatic heterocycles. The molecule has 1 aromatic heterocycles. The molecule has 0 radical (unpaired) electrons. The highest BCUT2D eigenvalue weighted by Gasteiger charge is 2.39. The Morgan fingerprint density at radius 1 is 1.53 bits per heavy atom. The van der Waals surface area contributed by atoms with E-state index in [9.17, 15) is 9.59 Å². The van der Waals surface area contributed by atoms with Gasteiger partial charge in [-0.15, -0.1) is 0 Å². The number of hydrogen-bond acceptors (Lipinski definition) is 3. The molecule has 1 heterocycles. The quantitative estimate of drug-likeness (QED) is 0.810. The maximum Gasteiger partial charge on any atom is 0.255 e. The molecule has 0 aliphatic rings. The zero-order chi connectivity index (χ0) is 13.1. The molecule has 5 nitrogen and oxygen atoms in total. The van der Waals surface area contributed by atoms with E-state index in [1.54, 1.807) is 0 Å². The highest BCUT2D eigenvalue weighted by atomic mass is 16.3. The van der Waals surface area contributed by atoms with Crippen molar-refractivity contribution in [2.24, 2.45) is 11.7 Å². The molecule has 1 atom stereocenters. The van der Waals surface area contributed by atoms with Gasteiger partial charge < -0.3 is 15.5 Å². The Bertz CT molecular complexity index is 398. The minimum atomic E-state index is -1.02. The number of furan rings is 1. The van der Waals surface area contributed by atoms with Crippen LogP contribution in [-0.4, -0.2) is 17.4 Å². The van der Waals surface area contributed by atoms with Crippen LogP contribution in [0, 0.1) is 5.92 Å². The van der Waals surface area contributed by atoms with Gasteiger partial charge in [-0.05, 0) is 18.4 Å². The molecule has 3 N–H and O–H groups in total. The third-order valence-corrected chi connectivity index (χ3v) is 3.10. The largest absolute Gasteiger partial charge is 0.472 e. The van der Waals surface area contributed by atoms with Crippen LogP contribution < -0.4 is 11.1 Å². The normalized spacial score (nSPS) is 14.4. The first-order valence-electron chi connectivity index (χ1n) is 5.58. The monoisotopic (exact) mass is 238 g/mol. The first-order valence-corrected chi connectivity index (χ1v) is 5.58. The second-order valence-corrected chi connectivity index (χ2v) is 4.31. The van der Waals surface area contributed by atoms with Gasteiger partial charge in [0, 0.05) is 0 Å². The molecule has 0 aromatic carbocycles. The first-order chi connectivity index (χ1) is 7.94. The second-order valence-electron chi connectivity index (χ2n) is 4.31. The van der Waals surface area contributed by atoms with Crippen molar-refractivity contribution in [3.05, 3.63) is 24.2 Å². The lowest BCUT2D eigenvalue weighted by Crippen LogP contribution is -2.60. The smallest absolute Gasteiger partial charge is 0.255 e. The van der Waals surface area contributed by atoms with E-state index in [-0.39, 0.29) is 11.8 Å². The number of primary amides is 1. The number of nitrogens with two attached hydrogens (primary N) is 1. The Balaban J connectivity index is 2.95. The maximum atomic E-state index is 11.9. The van der Waals surface area contributed by atoms with Gasteiger partial charge in [-0.25, -0.2) is 0 Å². The summed E-state index contributed by atoms with van der Waals surface area (Å²) in [6.07, 6.45) is 3.18. The number of hydrogen-bond donors (Lipinski definition) is 2. The van der Waals surface area contributed by atoms with Crippen LogP contribution in [0.15, 0.2) is 23.0 Å². The lowest BCUT2D eigenvalue weighted by Gasteiger charge is -2.34. The van der Waals surface area contributed by atoms with Crippen molar-refractivity contribution in [3.63, 3.8) is 0 Å². The number of amides is 2. The molecule has 1 rings (SSSR count). The minimum absolute atomic E-state index is 0.0825. The molecule has 0 aliphatic carbocycles. The number of carbonyl (C=O) groups excluding carboxylic acids is 2. The molecule has 0 fully saturated rings. The summed E-state index contributed by atoms with van der Waals surface area (Å²) in [6.45, 7) is 5.52. The molecule has 1 unspecified atom stereocenters. The van der Waals surface area contributed by atoms with E-state index < -0.39 is 11.4 Å². The van der Waals surface area contributed by atoms with E-state index in [2.05, 4.69) is 5.32 Å². The molecule has 5 heteroatoms. The summed E-state index contributed by atoms with van der Waals surface area (Å²) in [5.74, 6) is -0.958. The highest BCUT2D eigenvalue weighted by Crippen LogP contribution is 2.21. The average molecular weight is 238 g/mol. The molecule has 1 aromatic rings. The van der Waals surface area contributed by atoms with Crippen LogP contribution in [-0.2, 0) is 4.79 Å². The van der Waals surface area contributed by atoms with Gasteiger partial charge in [0.15, 0.2) is 0 Å². The van der Waals surface area contributed by atoms with Gasteiger partial charge in [0.2, 0.25) is 5.91 Å². The summed E-state index contributed by atoms with van der Waals surface area (Å²) in [6, 6.07) is 1.54. The molecular formula is C12H18N2O3. The number of rotatable bonds is 5. The Morgan fingerprint density at radius 2 is 2.18 bits per heavy atom. The second kappa shape index (κ2) is 5.03. The van der Waals surface area contributed by atoms with Crippen molar-refractivity contribution in [1.29, 1.82) is 0 Å². The maximum absolute atomic E-state index is 11.9. The first kappa shape index (κ1) is 13.3. The number of carbonyl (C=O) groups is 2. The summed E-state index contributed by atoms with van der Waals surface area (Å²) >= 11 is 0. The highest BCUT2D eigenvalue weighted by molar-refractivity contribution is 5.98. The molecule has 17 heavy (non-hydrogen) atoms. The van der Waals surface area contributed by atoms with E-state index in [0.717, 1.165) is 0 Å². The summed E-state index contributed by atoms with van der Waals surface area (Å²) < 4.78 is 4.83. The van der Waals surface area contributed by atoms with Gasteiger partial charge in [0.05, 0.1) is 11.8 Å². The third-order valence-electron chi connectivity index (χ3n) is 3.10. The lowest BCUT2D eigenvalue weighted by atomic mass is 9.83. The summed E-state index contributed by atoms with van der Waals surface area (Å²) in [7, 11) is 0. The van der Waals surface area contributed by atoms with Crippen molar-refractivity contribution >= 4 is 11.8 Å². The standard InChI is InChI=1S/C12H18N2O3/c1-4-12(8(2)3,11(13)16)14-10(15)9-5-6-17-7-9/h5-8H,4H2,1-3H3,(H2,13,16)(H,14,15). The van der Waals surface area contributed by atoms with Crippen LogP contribution in [0.4, 0.5) is 0 Å². The zero-order valence-corrected chi connectivity index (χ0v) is 10.3. The Labute approximate surface area is 100 Å². The molecule has 0 bridgehead atoms. The molecule has 0 spiro atoms. The fraction of sp³-hybridized carbons (Fsp3) is 0.500. The van der Waals surface area contributed by atoms with Crippen molar-refractivity contribution in [1.82, 2.24) is 5.32 Å². The van der Waals surface area contributed by atoms with Gasteiger partial charge in [0.25, 0.3) is 5.91 Å². The Morgan fingerprint density at radius 3 is 2.53 bits per heavy atom. The van der Waals surface area contributed by atoms with Gasteiger partial charge in [-0.1, -0.05) is 20.8 Å². The summed E-state index contributed by atoms with van der Waals surface area (Å²) in [5.41, 5.74) is 4.77. The van der Waals surface area contributed by atoms with Crippen LogP contribution in [0.5, 0.6) is 0 Å². The van der Waals surface area contributed by atoms with E-state index >= 15 is 0 Å².